The maximum absolute atomic E-state index is 13.6. The van der Waals surface area contributed by atoms with Crippen molar-refractivity contribution in [1.29, 1.82) is 0 Å². The van der Waals surface area contributed by atoms with Crippen molar-refractivity contribution in [3.05, 3.63) is 71.8 Å². The van der Waals surface area contributed by atoms with E-state index in [1.165, 1.54) is 11.7 Å². The Balaban J connectivity index is 1.57. The van der Waals surface area contributed by atoms with Crippen LogP contribution >= 0.6 is 0 Å². The average molecular weight is 655 g/mol. The number of alkyl halides is 3. The van der Waals surface area contributed by atoms with Crippen molar-refractivity contribution in [2.75, 3.05) is 7.11 Å². The van der Waals surface area contributed by atoms with E-state index in [9.17, 15) is 32.3 Å². The number of carbonyl (C=O) groups is 4. The van der Waals surface area contributed by atoms with Crippen LogP contribution in [0.2, 0.25) is 0 Å². The molecule has 2 heterocycles. The molecule has 2 aromatic heterocycles. The van der Waals surface area contributed by atoms with Crippen LogP contribution in [-0.4, -0.2) is 51.5 Å². The molecule has 1 amide bonds. The minimum Gasteiger partial charge on any atom is -0.497 e. The molecule has 1 atom stereocenters. The largest absolute Gasteiger partial charge is 0.497 e. The van der Waals surface area contributed by atoms with Crippen molar-refractivity contribution < 1.29 is 41.8 Å². The summed E-state index contributed by atoms with van der Waals surface area (Å²) in [6.45, 7) is 2.78. The van der Waals surface area contributed by atoms with Gasteiger partial charge in [-0.15, -0.1) is 0 Å². The number of nitrogens with one attached hydrogen (secondary N) is 2. The highest BCUT2D eigenvalue weighted by atomic mass is 19.4. The van der Waals surface area contributed by atoms with Crippen molar-refractivity contribution in [2.45, 2.75) is 77.6 Å². The first-order valence-corrected chi connectivity index (χ1v) is 15.3. The number of nitrogens with zero attached hydrogens (tertiary/aromatic N) is 2. The van der Waals surface area contributed by atoms with Crippen molar-refractivity contribution in [1.82, 2.24) is 19.9 Å². The molecule has 10 nitrogen and oxygen atoms in total. The van der Waals surface area contributed by atoms with Crippen molar-refractivity contribution in [3.63, 3.8) is 0 Å². The Kier molecular flexibility index (Phi) is 11.6. The Hall–Kier alpha value is -4.94. The number of methoxy groups -OCH3 is 1. The first kappa shape index (κ1) is 34.9. The van der Waals surface area contributed by atoms with Gasteiger partial charge in [0.2, 0.25) is 5.91 Å². The number of amides is 1. The van der Waals surface area contributed by atoms with E-state index in [0.29, 0.717) is 53.0 Å². The lowest BCUT2D eigenvalue weighted by molar-refractivity contribution is -0.202. The van der Waals surface area contributed by atoms with Crippen LogP contribution in [0.25, 0.3) is 22.2 Å². The fourth-order valence-electron chi connectivity index (χ4n) is 5.39. The van der Waals surface area contributed by atoms with E-state index < -0.39 is 30.7 Å². The Bertz CT molecular complexity index is 1730. The van der Waals surface area contributed by atoms with Crippen LogP contribution in [0.1, 0.15) is 68.6 Å². The molecule has 2 aromatic carbocycles. The summed E-state index contributed by atoms with van der Waals surface area (Å²) in [5, 5.41) is 3.62. The summed E-state index contributed by atoms with van der Waals surface area (Å²) in [6, 6.07) is 14.0. The smallest absolute Gasteiger partial charge is 0.491 e. The number of rotatable bonds is 15. The molecule has 0 saturated carbocycles. The van der Waals surface area contributed by atoms with Gasteiger partial charge in [0.1, 0.15) is 23.9 Å². The number of benzene rings is 2. The molecule has 250 valence electrons. The molecule has 2 N–H and O–H groups in total. The predicted molar refractivity (Wildman–Crippen MR) is 167 cm³/mol. The molecule has 0 fully saturated rings. The fraction of sp³-hybridized carbons (Fsp3) is 0.382. The number of imidazole rings is 1. The molecule has 0 radical (unpaired) electrons. The van der Waals surface area contributed by atoms with Gasteiger partial charge in [0.05, 0.1) is 31.5 Å². The number of halogens is 3. The van der Waals surface area contributed by atoms with Gasteiger partial charge in [0.15, 0.2) is 0 Å². The molecule has 4 rings (SSSR count). The maximum Gasteiger partial charge on any atom is 0.491 e. The molecule has 0 unspecified atom stereocenters. The molecule has 0 aliphatic carbocycles. The molecular formula is C34H37F3N4O6. The molecule has 0 bridgehead atoms. The van der Waals surface area contributed by atoms with E-state index in [4.69, 9.17) is 4.74 Å². The van der Waals surface area contributed by atoms with Gasteiger partial charge in [-0.25, -0.2) is 14.6 Å². The number of esters is 2. The zero-order valence-corrected chi connectivity index (χ0v) is 26.4. The number of aromatic amines is 1. The van der Waals surface area contributed by atoms with E-state index in [-0.39, 0.29) is 18.1 Å². The minimum atomic E-state index is -5.32. The van der Waals surface area contributed by atoms with Gasteiger partial charge in [0.25, 0.3) is 0 Å². The number of Topliss-reactive ketones (excluding diaryl/α,β-unsaturated/α-hetero) is 1. The minimum absolute atomic E-state index is 0.132. The molecule has 0 aliphatic rings. The summed E-state index contributed by atoms with van der Waals surface area (Å²) >= 11 is 0. The predicted octanol–water partition coefficient (Wildman–Crippen LogP) is 6.31. The molecule has 4 aromatic rings. The van der Waals surface area contributed by atoms with Crippen LogP contribution < -0.4 is 10.1 Å². The molecule has 47 heavy (non-hydrogen) atoms. The second-order valence-corrected chi connectivity index (χ2v) is 11.1. The van der Waals surface area contributed by atoms with Gasteiger partial charge in [-0.3, -0.25) is 9.59 Å². The standard InChI is InChI=1S/C34H37F3N4O6/c1-4-23(42)13-9-6-10-14-27(32-38-19-28(40-32)22-11-7-5-8-12-22)39-30(43)18-25-21(2)41(20-31(44)47-33(45)34(35,36)37)29-16-15-24(46-3)17-26(25)29/h5,7-8,11-12,15-17,19,27H,4,6,9-10,13-14,18,20H2,1-3H3,(H,38,40)(H,39,43)/t27-/m0/s1. The van der Waals surface area contributed by atoms with Crippen LogP contribution in [0.15, 0.2) is 54.7 Å². The quantitative estimate of drug-likeness (QED) is 0.0872. The normalized spacial score (nSPS) is 12.1. The van der Waals surface area contributed by atoms with Gasteiger partial charge in [-0.05, 0) is 49.1 Å². The van der Waals surface area contributed by atoms with Gasteiger partial charge in [0, 0.05) is 29.4 Å². The first-order chi connectivity index (χ1) is 22.4. The van der Waals surface area contributed by atoms with Crippen molar-refractivity contribution >= 4 is 34.5 Å². The Morgan fingerprint density at radius 2 is 1.79 bits per heavy atom. The monoisotopic (exact) mass is 654 g/mol. The molecular weight excluding hydrogens is 617 g/mol. The van der Waals surface area contributed by atoms with Crippen LogP contribution in [0, 0.1) is 6.92 Å². The number of ether oxygens (including phenoxy) is 2. The number of aromatic nitrogens is 3. The highest BCUT2D eigenvalue weighted by Gasteiger charge is 2.42. The molecule has 0 aliphatic heterocycles. The van der Waals surface area contributed by atoms with Gasteiger partial charge in [-0.2, -0.15) is 13.2 Å². The number of H-pyrrole nitrogens is 1. The van der Waals surface area contributed by atoms with Crippen LogP contribution in [0.4, 0.5) is 13.2 Å². The van der Waals surface area contributed by atoms with E-state index in [0.717, 1.165) is 30.5 Å². The lowest BCUT2D eigenvalue weighted by Gasteiger charge is -2.17. The lowest BCUT2D eigenvalue weighted by Crippen LogP contribution is -2.31. The van der Waals surface area contributed by atoms with Crippen LogP contribution in [-0.2, 0) is 36.9 Å². The summed E-state index contributed by atoms with van der Waals surface area (Å²) < 4.78 is 48.8. The topological polar surface area (TPSA) is 132 Å². The maximum atomic E-state index is 13.6. The van der Waals surface area contributed by atoms with Crippen molar-refractivity contribution in [3.8, 4) is 17.0 Å². The van der Waals surface area contributed by atoms with Gasteiger partial charge in [-0.1, -0.05) is 50.1 Å². The molecule has 0 saturated heterocycles. The molecule has 13 heteroatoms. The number of hydrogen-bond acceptors (Lipinski definition) is 7. The van der Waals surface area contributed by atoms with Crippen molar-refractivity contribution in [2.24, 2.45) is 0 Å². The summed E-state index contributed by atoms with van der Waals surface area (Å²) in [6.07, 6.45) is 0.0999. The van der Waals surface area contributed by atoms with Gasteiger partial charge >= 0.3 is 18.1 Å². The number of unbranched alkanes of at least 4 members (excludes halogenated alkanes) is 2. The molecule has 0 spiro atoms. The number of hydrogen-bond donors (Lipinski definition) is 2. The summed E-state index contributed by atoms with van der Waals surface area (Å²) in [4.78, 5) is 56.8. The third-order valence-corrected chi connectivity index (χ3v) is 7.91. The van der Waals surface area contributed by atoms with E-state index in [2.05, 4.69) is 20.0 Å². The summed E-state index contributed by atoms with van der Waals surface area (Å²) in [5.74, 6) is -3.11. The SMILES string of the molecule is CCC(=O)CCCCC[C@H](NC(=O)Cc1c(C)n(CC(=O)OC(=O)C(F)(F)F)c2ccc(OC)cc12)c1ncc(-c2ccccc2)[nH]1. The fourth-order valence-corrected chi connectivity index (χ4v) is 5.39. The third kappa shape index (κ3) is 9.08. The first-order valence-electron chi connectivity index (χ1n) is 15.3. The Morgan fingerprint density at radius 1 is 1.04 bits per heavy atom. The zero-order valence-electron chi connectivity index (χ0n) is 26.4. The summed E-state index contributed by atoms with van der Waals surface area (Å²) in [7, 11) is 1.47. The highest BCUT2D eigenvalue weighted by molar-refractivity contribution is 5.93. The lowest BCUT2D eigenvalue weighted by atomic mass is 10.0. The highest BCUT2D eigenvalue weighted by Crippen LogP contribution is 2.31. The second kappa shape index (κ2) is 15.6. The van der Waals surface area contributed by atoms with Crippen LogP contribution in [0.3, 0.4) is 0 Å². The number of ketones is 1. The van der Waals surface area contributed by atoms with E-state index in [1.807, 2.05) is 37.3 Å². The van der Waals surface area contributed by atoms with Crippen LogP contribution in [0.5, 0.6) is 5.75 Å². The van der Waals surface area contributed by atoms with Gasteiger partial charge < -0.3 is 24.3 Å². The van der Waals surface area contributed by atoms with E-state index >= 15 is 0 Å². The van der Waals surface area contributed by atoms with E-state index in [1.54, 1.807) is 31.3 Å². The Labute approximate surface area is 269 Å². The average Bonchev–Trinajstić information content (AvgIpc) is 3.63. The number of fused-ring (bicyclic) bond motifs is 1. The third-order valence-electron chi connectivity index (χ3n) is 7.91. The second-order valence-electron chi connectivity index (χ2n) is 11.1. The zero-order chi connectivity index (χ0) is 34.1. The Morgan fingerprint density at radius 3 is 2.47 bits per heavy atom. The number of carbonyl (C=O) groups excluding carboxylic acids is 4. The summed E-state index contributed by atoms with van der Waals surface area (Å²) in [5.41, 5.74) is 3.12.